The summed E-state index contributed by atoms with van der Waals surface area (Å²) in [6.45, 7) is 0. The van der Waals surface area contributed by atoms with Crippen LogP contribution in [0.25, 0.3) is 0 Å². The zero-order chi connectivity index (χ0) is 17.7. The minimum Gasteiger partial charge on any atom is -0.404 e. The average molecular weight is 430 g/mol. The molecule has 0 saturated carbocycles. The third kappa shape index (κ3) is 5.70. The van der Waals surface area contributed by atoms with E-state index in [-0.39, 0.29) is 10.9 Å². The van der Waals surface area contributed by atoms with Gasteiger partial charge in [0.1, 0.15) is 5.75 Å². The number of benzene rings is 2. The molecule has 5 N–H and O–H groups in total. The van der Waals surface area contributed by atoms with Crippen LogP contribution in [0.15, 0.2) is 58.1 Å². The summed E-state index contributed by atoms with van der Waals surface area (Å²) in [5, 5.41) is 4.16. The summed E-state index contributed by atoms with van der Waals surface area (Å²) in [6, 6.07) is 13.5. The molecule has 2 aromatic rings. The molecule has 126 valence electrons. The third-order valence-electron chi connectivity index (χ3n) is 2.71. The van der Waals surface area contributed by atoms with E-state index in [1.54, 1.807) is 12.1 Å². The van der Waals surface area contributed by atoms with E-state index in [9.17, 15) is 4.57 Å². The highest BCUT2D eigenvalue weighted by molar-refractivity contribution is 9.10. The van der Waals surface area contributed by atoms with E-state index < -0.39 is 7.82 Å². The number of hydrazone groups is 1. The van der Waals surface area contributed by atoms with Crippen molar-refractivity contribution in [3.8, 4) is 5.75 Å². The van der Waals surface area contributed by atoms with E-state index in [1.807, 2.05) is 24.3 Å². The van der Waals surface area contributed by atoms with E-state index in [4.69, 9.17) is 27.7 Å². The van der Waals surface area contributed by atoms with Gasteiger partial charge in [0.2, 0.25) is 0 Å². The first kappa shape index (κ1) is 18.6. The normalized spacial score (nSPS) is 11.9. The predicted octanol–water partition coefficient (Wildman–Crippen LogP) is 2.51. The van der Waals surface area contributed by atoms with Gasteiger partial charge in [0.25, 0.3) is 0 Å². The standard InChI is InChI=1S/C14H13BrN3O4PS/c15-11-5-1-3-9(7-11)13(17-18-14(16)24)10-4-2-6-12(8-10)22-23(19,20)21/h1-8H,(H3,16,18,24)(H2,19,20,21)/b17-13-. The van der Waals surface area contributed by atoms with Crippen LogP contribution in [0.1, 0.15) is 11.1 Å². The van der Waals surface area contributed by atoms with Crippen LogP contribution >= 0.6 is 36.0 Å². The van der Waals surface area contributed by atoms with E-state index in [2.05, 4.69) is 31.0 Å². The Labute approximate surface area is 151 Å². The number of nitrogens with zero attached hydrogens (tertiary/aromatic N) is 1. The number of rotatable bonds is 5. The number of hydrogen-bond acceptors (Lipinski definition) is 4. The van der Waals surface area contributed by atoms with E-state index in [0.717, 1.165) is 10.0 Å². The van der Waals surface area contributed by atoms with E-state index >= 15 is 0 Å². The number of nitrogens with two attached hydrogens (primary N) is 1. The summed E-state index contributed by atoms with van der Waals surface area (Å²) in [4.78, 5) is 17.9. The van der Waals surface area contributed by atoms with Crippen LogP contribution in [-0.4, -0.2) is 20.6 Å². The summed E-state index contributed by atoms with van der Waals surface area (Å²) in [6.07, 6.45) is 0. The highest BCUT2D eigenvalue weighted by Crippen LogP contribution is 2.37. The van der Waals surface area contributed by atoms with Crippen LogP contribution in [0.5, 0.6) is 5.75 Å². The molecule has 0 aromatic heterocycles. The van der Waals surface area contributed by atoms with Gasteiger partial charge < -0.3 is 10.3 Å². The van der Waals surface area contributed by atoms with Gasteiger partial charge in [0.05, 0.1) is 5.71 Å². The summed E-state index contributed by atoms with van der Waals surface area (Å²) < 4.78 is 16.4. The van der Waals surface area contributed by atoms with Gasteiger partial charge in [-0.3, -0.25) is 15.2 Å². The Bertz CT molecular complexity index is 840. The Morgan fingerprint density at radius 2 is 1.83 bits per heavy atom. The number of phosphoric ester groups is 1. The molecule has 0 saturated heterocycles. The minimum atomic E-state index is -4.65. The first-order valence-corrected chi connectivity index (χ1v) is 9.22. The second-order valence-electron chi connectivity index (χ2n) is 4.56. The van der Waals surface area contributed by atoms with Gasteiger partial charge in [-0.15, -0.1) is 0 Å². The molecule has 0 atom stereocenters. The van der Waals surface area contributed by atoms with Crippen molar-refractivity contribution in [1.82, 2.24) is 5.43 Å². The van der Waals surface area contributed by atoms with Crippen molar-refractivity contribution in [1.29, 1.82) is 0 Å². The van der Waals surface area contributed by atoms with Crippen molar-refractivity contribution in [3.05, 3.63) is 64.1 Å². The topological polar surface area (TPSA) is 117 Å². The molecule has 0 fully saturated rings. The van der Waals surface area contributed by atoms with E-state index in [0.29, 0.717) is 11.3 Å². The number of hydrogen-bond donors (Lipinski definition) is 4. The molecule has 0 bridgehead atoms. The van der Waals surface area contributed by atoms with Crippen molar-refractivity contribution in [3.63, 3.8) is 0 Å². The van der Waals surface area contributed by atoms with Crippen molar-refractivity contribution in [2.75, 3.05) is 0 Å². The average Bonchev–Trinajstić information content (AvgIpc) is 2.46. The Kier molecular flexibility index (Phi) is 6.09. The molecule has 0 spiro atoms. The first-order valence-electron chi connectivity index (χ1n) is 6.49. The van der Waals surface area contributed by atoms with Gasteiger partial charge in [0, 0.05) is 15.6 Å². The van der Waals surface area contributed by atoms with Gasteiger partial charge in [-0.2, -0.15) is 5.10 Å². The second kappa shape index (κ2) is 7.87. The smallest absolute Gasteiger partial charge is 0.404 e. The van der Waals surface area contributed by atoms with Crippen LogP contribution in [0.4, 0.5) is 0 Å². The molecule has 0 aliphatic rings. The Balaban J connectivity index is 2.48. The molecule has 2 rings (SSSR count). The molecule has 7 nitrogen and oxygen atoms in total. The number of nitrogens with one attached hydrogen (secondary N) is 1. The lowest BCUT2D eigenvalue weighted by Crippen LogP contribution is -2.26. The Hall–Kier alpha value is -1.77. The fourth-order valence-corrected chi connectivity index (χ4v) is 2.71. The zero-order valence-electron chi connectivity index (χ0n) is 12.1. The molecular formula is C14H13BrN3O4PS. The molecule has 2 aromatic carbocycles. The molecule has 0 aliphatic heterocycles. The van der Waals surface area contributed by atoms with Crippen molar-refractivity contribution in [2.45, 2.75) is 0 Å². The SMILES string of the molecule is NC(=S)N/N=C(/c1cccc(Br)c1)c1cccc(OP(=O)(O)O)c1. The molecule has 0 unspecified atom stereocenters. The molecule has 24 heavy (non-hydrogen) atoms. The monoisotopic (exact) mass is 429 g/mol. The zero-order valence-corrected chi connectivity index (χ0v) is 15.4. The molecule has 10 heteroatoms. The summed E-state index contributed by atoms with van der Waals surface area (Å²) >= 11 is 8.14. The highest BCUT2D eigenvalue weighted by atomic mass is 79.9. The minimum absolute atomic E-state index is 0.00915. The maximum atomic E-state index is 11.0. The molecular weight excluding hydrogens is 417 g/mol. The Morgan fingerprint density at radius 3 is 2.42 bits per heavy atom. The summed E-state index contributed by atoms with van der Waals surface area (Å²) in [5.74, 6) is 0.0128. The first-order chi connectivity index (χ1) is 11.2. The number of thiocarbonyl (C=S) groups is 1. The Morgan fingerprint density at radius 1 is 1.21 bits per heavy atom. The maximum absolute atomic E-state index is 11.0. The van der Waals surface area contributed by atoms with Crippen molar-refractivity contribution < 1.29 is 18.9 Å². The van der Waals surface area contributed by atoms with Gasteiger partial charge in [-0.1, -0.05) is 40.2 Å². The summed E-state index contributed by atoms with van der Waals surface area (Å²) in [7, 11) is -4.65. The maximum Gasteiger partial charge on any atom is 0.524 e. The molecule has 0 radical (unpaired) electrons. The van der Waals surface area contributed by atoms with Crippen LogP contribution in [0.3, 0.4) is 0 Å². The van der Waals surface area contributed by atoms with Crippen LogP contribution in [-0.2, 0) is 4.57 Å². The van der Waals surface area contributed by atoms with Gasteiger partial charge >= 0.3 is 7.82 Å². The molecule has 0 aliphatic carbocycles. The molecule has 0 heterocycles. The van der Waals surface area contributed by atoms with Crippen LogP contribution in [0, 0.1) is 0 Å². The number of phosphoric acid groups is 1. The van der Waals surface area contributed by atoms with Crippen LogP contribution in [0.2, 0.25) is 0 Å². The van der Waals surface area contributed by atoms with Crippen LogP contribution < -0.4 is 15.7 Å². The van der Waals surface area contributed by atoms with Crippen molar-refractivity contribution >= 4 is 46.8 Å². The number of halogens is 1. The second-order valence-corrected chi connectivity index (χ2v) is 7.08. The fraction of sp³-hybridized carbons (Fsp3) is 0. The largest absolute Gasteiger partial charge is 0.524 e. The predicted molar refractivity (Wildman–Crippen MR) is 98.8 cm³/mol. The third-order valence-corrected chi connectivity index (χ3v) is 3.74. The van der Waals surface area contributed by atoms with Gasteiger partial charge in [-0.25, -0.2) is 4.57 Å². The molecule has 0 amide bonds. The van der Waals surface area contributed by atoms with Gasteiger partial charge in [0.15, 0.2) is 5.11 Å². The lowest BCUT2D eigenvalue weighted by Gasteiger charge is -2.11. The fourth-order valence-electron chi connectivity index (χ4n) is 1.88. The lowest BCUT2D eigenvalue weighted by atomic mass is 10.0. The lowest BCUT2D eigenvalue weighted by molar-refractivity contribution is 0.283. The van der Waals surface area contributed by atoms with Crippen molar-refractivity contribution in [2.24, 2.45) is 10.8 Å². The summed E-state index contributed by atoms with van der Waals surface area (Å²) in [5.41, 5.74) is 9.70. The quantitative estimate of drug-likeness (QED) is 0.249. The highest BCUT2D eigenvalue weighted by Gasteiger charge is 2.17. The van der Waals surface area contributed by atoms with E-state index in [1.165, 1.54) is 12.1 Å². The van der Waals surface area contributed by atoms with Gasteiger partial charge in [-0.05, 0) is 36.5 Å².